The second-order valence-corrected chi connectivity index (χ2v) is 4.11. The van der Waals surface area contributed by atoms with Crippen molar-refractivity contribution in [3.05, 3.63) is 34.4 Å². The van der Waals surface area contributed by atoms with E-state index in [1.807, 2.05) is 0 Å². The van der Waals surface area contributed by atoms with Gasteiger partial charge in [0.1, 0.15) is 5.38 Å². The molecule has 0 radical (unpaired) electrons. The van der Waals surface area contributed by atoms with Crippen LogP contribution in [0, 0.1) is 37.1 Å². The molecule has 0 amide bonds. The zero-order valence-corrected chi connectivity index (χ0v) is 10.6. The van der Waals surface area contributed by atoms with Crippen LogP contribution in [0.5, 0.6) is 0 Å². The van der Waals surface area contributed by atoms with Crippen LogP contribution in [0.2, 0.25) is 0 Å². The molecule has 0 saturated heterocycles. The molecule has 0 aliphatic carbocycles. The van der Waals surface area contributed by atoms with Crippen LogP contribution in [0.25, 0.3) is 0 Å². The minimum absolute atomic E-state index is 0.629. The Hall–Kier alpha value is -1.30. The number of alkyl halides is 1. The highest BCUT2D eigenvalue weighted by molar-refractivity contribution is 6.29. The topological polar surface area (TPSA) is 37.3 Å². The quantitative estimate of drug-likeness (QED) is 0.487. The molecule has 7 heteroatoms. The number of carboxylic acid groups (broad SMARTS) is 1. The van der Waals surface area contributed by atoms with Crippen molar-refractivity contribution in [2.24, 2.45) is 0 Å². The monoisotopic (exact) mass is 286 g/mol. The van der Waals surface area contributed by atoms with E-state index in [1.165, 1.54) is 6.92 Å². The summed E-state index contributed by atoms with van der Waals surface area (Å²) >= 11 is 5.01. The minimum atomic E-state index is -1.33. The maximum Gasteiger partial charge on any atom is 0.321 e. The summed E-state index contributed by atoms with van der Waals surface area (Å²) in [6, 6.07) is 0. The number of aliphatic carboxylic acids is 1. The summed E-state index contributed by atoms with van der Waals surface area (Å²) in [5, 5.41) is 7.10. The largest absolute Gasteiger partial charge is 0.480 e. The van der Waals surface area contributed by atoms with Crippen molar-refractivity contribution in [1.82, 2.24) is 0 Å². The Balaban J connectivity index is 0.000000411. The molecule has 2 nitrogen and oxygen atoms in total. The van der Waals surface area contributed by atoms with E-state index in [-0.39, 0.29) is 0 Å². The fraction of sp³-hybridized carbons (Fsp3) is 0.364. The van der Waals surface area contributed by atoms with Gasteiger partial charge in [0.25, 0.3) is 0 Å². The Kier molecular flexibility index (Phi) is 6.11. The lowest BCUT2D eigenvalue weighted by atomic mass is 10.1. The highest BCUT2D eigenvalue weighted by Gasteiger charge is 2.19. The van der Waals surface area contributed by atoms with Crippen LogP contribution in [-0.2, 0) is 4.79 Å². The molecule has 1 aromatic carbocycles. The maximum atomic E-state index is 12.7. The van der Waals surface area contributed by atoms with Gasteiger partial charge in [-0.1, -0.05) is 0 Å². The van der Waals surface area contributed by atoms with Gasteiger partial charge in [0.15, 0.2) is 23.3 Å². The Morgan fingerprint density at radius 1 is 1.00 bits per heavy atom. The summed E-state index contributed by atoms with van der Waals surface area (Å²) in [5.74, 6) is -6.28. The molecular formula is C11H11ClF4O2. The van der Waals surface area contributed by atoms with Crippen molar-refractivity contribution >= 4 is 17.6 Å². The van der Waals surface area contributed by atoms with E-state index in [1.54, 1.807) is 0 Å². The molecule has 1 atom stereocenters. The highest BCUT2D eigenvalue weighted by Crippen LogP contribution is 2.22. The zero-order chi connectivity index (χ0) is 14.6. The minimum Gasteiger partial charge on any atom is -0.480 e. The van der Waals surface area contributed by atoms with Gasteiger partial charge in [-0.25, -0.2) is 17.6 Å². The van der Waals surface area contributed by atoms with Gasteiger partial charge in [0.05, 0.1) is 0 Å². The van der Waals surface area contributed by atoms with Crippen molar-refractivity contribution in [2.45, 2.75) is 26.1 Å². The van der Waals surface area contributed by atoms with Gasteiger partial charge in [-0.2, -0.15) is 0 Å². The predicted molar refractivity (Wildman–Crippen MR) is 58.7 cm³/mol. The number of hydrogen-bond acceptors (Lipinski definition) is 1. The van der Waals surface area contributed by atoms with Crippen LogP contribution in [0.4, 0.5) is 17.6 Å². The third kappa shape index (κ3) is 3.87. The van der Waals surface area contributed by atoms with Crippen molar-refractivity contribution in [2.75, 3.05) is 0 Å². The zero-order valence-electron chi connectivity index (χ0n) is 9.82. The molecule has 0 aromatic heterocycles. The van der Waals surface area contributed by atoms with E-state index in [2.05, 4.69) is 0 Å². The molecule has 1 N–H and O–H groups in total. The van der Waals surface area contributed by atoms with E-state index in [0.29, 0.717) is 0 Å². The first kappa shape index (κ1) is 16.7. The fourth-order valence-corrected chi connectivity index (χ4v) is 0.851. The van der Waals surface area contributed by atoms with Gasteiger partial charge >= 0.3 is 5.97 Å². The number of hydrogen-bond donors (Lipinski definition) is 1. The molecule has 0 heterocycles. The number of rotatable bonds is 1. The molecule has 1 aromatic rings. The molecule has 0 bridgehead atoms. The normalized spacial score (nSPS) is 11.6. The average Bonchev–Trinajstić information content (AvgIpc) is 2.32. The maximum absolute atomic E-state index is 12.7. The summed E-state index contributed by atoms with van der Waals surface area (Å²) in [4.78, 5) is 9.57. The Morgan fingerprint density at radius 3 is 1.28 bits per heavy atom. The van der Waals surface area contributed by atoms with E-state index < -0.39 is 45.7 Å². The number of carbonyl (C=O) groups is 1. The van der Waals surface area contributed by atoms with E-state index >= 15 is 0 Å². The van der Waals surface area contributed by atoms with Gasteiger partial charge in [-0.05, 0) is 20.8 Å². The molecule has 0 fully saturated rings. The number of halogens is 5. The Labute approximate surface area is 106 Å². The summed E-state index contributed by atoms with van der Waals surface area (Å²) in [6.07, 6.45) is 0. The van der Waals surface area contributed by atoms with Crippen LogP contribution >= 0.6 is 11.6 Å². The van der Waals surface area contributed by atoms with Crippen LogP contribution in [-0.4, -0.2) is 16.5 Å². The van der Waals surface area contributed by atoms with E-state index in [9.17, 15) is 22.4 Å². The first-order valence-electron chi connectivity index (χ1n) is 4.77. The van der Waals surface area contributed by atoms with Crippen LogP contribution < -0.4 is 0 Å². The molecule has 0 spiro atoms. The molecule has 0 aliphatic heterocycles. The highest BCUT2D eigenvalue weighted by atomic mass is 35.5. The smallest absolute Gasteiger partial charge is 0.321 e. The fourth-order valence-electron chi connectivity index (χ4n) is 0.851. The van der Waals surface area contributed by atoms with E-state index in [4.69, 9.17) is 16.7 Å². The van der Waals surface area contributed by atoms with Crippen LogP contribution in [0.1, 0.15) is 18.1 Å². The standard InChI is InChI=1S/C8H6F4.C3H5ClO2/c1-3-5(9)7(11)4(2)8(12)6(3)10;1-2(4)3(5)6/h1-2H3;2H,1H3,(H,5,6). The first-order chi connectivity index (χ1) is 8.11. The van der Waals surface area contributed by atoms with Crippen molar-refractivity contribution in [1.29, 1.82) is 0 Å². The second kappa shape index (κ2) is 6.58. The molecule has 0 saturated carbocycles. The number of benzene rings is 1. The van der Waals surface area contributed by atoms with E-state index in [0.717, 1.165) is 13.8 Å². The van der Waals surface area contributed by atoms with Crippen LogP contribution in [0.3, 0.4) is 0 Å². The van der Waals surface area contributed by atoms with Crippen LogP contribution in [0.15, 0.2) is 0 Å². The lowest BCUT2D eigenvalue weighted by Crippen LogP contribution is -2.06. The SMILES string of the molecule is CC(Cl)C(=O)O.Cc1c(F)c(F)c(C)c(F)c1F. The lowest BCUT2D eigenvalue weighted by molar-refractivity contribution is -0.136. The van der Waals surface area contributed by atoms with Gasteiger partial charge < -0.3 is 5.11 Å². The predicted octanol–water partition coefficient (Wildman–Crippen LogP) is 3.56. The molecule has 1 rings (SSSR count). The molecular weight excluding hydrogens is 276 g/mol. The molecule has 102 valence electrons. The van der Waals surface area contributed by atoms with Gasteiger partial charge in [0, 0.05) is 11.1 Å². The Bertz CT molecular complexity index is 356. The van der Waals surface area contributed by atoms with Crippen molar-refractivity contribution in [3.8, 4) is 0 Å². The Morgan fingerprint density at radius 2 is 1.17 bits per heavy atom. The summed E-state index contributed by atoms with van der Waals surface area (Å²) in [7, 11) is 0. The lowest BCUT2D eigenvalue weighted by Gasteiger charge is -2.04. The third-order valence-corrected chi connectivity index (χ3v) is 2.23. The second-order valence-electron chi connectivity index (χ2n) is 3.46. The number of carboxylic acids is 1. The van der Waals surface area contributed by atoms with Crippen molar-refractivity contribution < 1.29 is 27.5 Å². The van der Waals surface area contributed by atoms with Gasteiger partial charge in [-0.15, -0.1) is 11.6 Å². The summed E-state index contributed by atoms with van der Waals surface area (Å²) in [6.45, 7) is 3.37. The summed E-state index contributed by atoms with van der Waals surface area (Å²) in [5.41, 5.74) is -1.26. The average molecular weight is 287 g/mol. The molecule has 1 unspecified atom stereocenters. The van der Waals surface area contributed by atoms with Crippen molar-refractivity contribution in [3.63, 3.8) is 0 Å². The molecule has 18 heavy (non-hydrogen) atoms. The summed E-state index contributed by atoms with van der Waals surface area (Å²) < 4.78 is 50.6. The first-order valence-corrected chi connectivity index (χ1v) is 5.20. The van der Waals surface area contributed by atoms with Gasteiger partial charge in [-0.3, -0.25) is 4.79 Å². The third-order valence-electron chi connectivity index (χ3n) is 2.04. The van der Waals surface area contributed by atoms with Gasteiger partial charge in [0.2, 0.25) is 0 Å². The molecule has 0 aliphatic rings.